The summed E-state index contributed by atoms with van der Waals surface area (Å²) in [5.41, 5.74) is 6.36. The molecule has 3 nitrogen and oxygen atoms in total. The zero-order valence-corrected chi connectivity index (χ0v) is 5.54. The number of hydrogen-bond donors (Lipinski definition) is 1. The maximum Gasteiger partial charge on any atom is 0.181 e. The molecule has 0 unspecified atom stereocenters. The summed E-state index contributed by atoms with van der Waals surface area (Å²) in [5.74, 6) is -0.478. The Morgan fingerprint density at radius 2 is 2.27 bits per heavy atom. The van der Waals surface area contributed by atoms with Gasteiger partial charge in [-0.2, -0.15) is 0 Å². The Balaban J connectivity index is 2.86. The summed E-state index contributed by atoms with van der Waals surface area (Å²) >= 11 is 0. The Kier molecular flexibility index (Phi) is 1.09. The minimum Gasteiger partial charge on any atom is -0.443 e. The van der Waals surface area contributed by atoms with Crippen molar-refractivity contribution >= 4 is 16.8 Å². The Hall–Kier alpha value is -1.58. The third-order valence-electron chi connectivity index (χ3n) is 1.45. The Bertz CT molecular complexity index is 360. The van der Waals surface area contributed by atoms with Gasteiger partial charge in [-0.05, 0) is 6.07 Å². The van der Waals surface area contributed by atoms with Gasteiger partial charge in [0.25, 0.3) is 0 Å². The van der Waals surface area contributed by atoms with Crippen molar-refractivity contribution in [3.8, 4) is 0 Å². The summed E-state index contributed by atoms with van der Waals surface area (Å²) in [5, 5.41) is 0. The number of nitrogen functional groups attached to an aromatic ring is 1. The van der Waals surface area contributed by atoms with Gasteiger partial charge in [-0.15, -0.1) is 0 Å². The molecule has 0 radical (unpaired) electrons. The van der Waals surface area contributed by atoms with E-state index in [4.69, 9.17) is 10.2 Å². The highest BCUT2D eigenvalue weighted by Crippen LogP contribution is 2.18. The zero-order valence-electron chi connectivity index (χ0n) is 5.54. The lowest BCUT2D eigenvalue weighted by molar-refractivity contribution is 0.591. The second-order valence-corrected chi connectivity index (χ2v) is 2.19. The number of anilines is 1. The van der Waals surface area contributed by atoms with Crippen LogP contribution in [-0.4, -0.2) is 4.98 Å². The average Bonchev–Trinajstić information content (AvgIpc) is 2.36. The monoisotopic (exact) mass is 152 g/mol. The fourth-order valence-electron chi connectivity index (χ4n) is 0.895. The second-order valence-electron chi connectivity index (χ2n) is 2.19. The minimum absolute atomic E-state index is 0.0893. The van der Waals surface area contributed by atoms with E-state index < -0.39 is 5.82 Å². The first-order valence-corrected chi connectivity index (χ1v) is 3.05. The van der Waals surface area contributed by atoms with Crippen molar-refractivity contribution in [2.75, 3.05) is 5.73 Å². The summed E-state index contributed by atoms with van der Waals surface area (Å²) in [6.07, 6.45) is 1.25. The molecule has 0 fully saturated rings. The number of benzene rings is 1. The third-order valence-corrected chi connectivity index (χ3v) is 1.45. The Morgan fingerprint density at radius 3 is 3.09 bits per heavy atom. The first kappa shape index (κ1) is 6.15. The summed E-state index contributed by atoms with van der Waals surface area (Å²) in [7, 11) is 0. The molecule has 2 N–H and O–H groups in total. The van der Waals surface area contributed by atoms with Crippen molar-refractivity contribution in [2.24, 2.45) is 0 Å². The van der Waals surface area contributed by atoms with Gasteiger partial charge in [0, 0.05) is 6.07 Å². The summed E-state index contributed by atoms with van der Waals surface area (Å²) in [6.45, 7) is 0. The van der Waals surface area contributed by atoms with Gasteiger partial charge in [0.2, 0.25) is 0 Å². The van der Waals surface area contributed by atoms with Gasteiger partial charge >= 0.3 is 0 Å². The lowest BCUT2D eigenvalue weighted by Gasteiger charge is -1.92. The summed E-state index contributed by atoms with van der Waals surface area (Å²) in [6, 6.07) is 2.66. The number of halogens is 1. The van der Waals surface area contributed by atoms with E-state index in [0.29, 0.717) is 11.1 Å². The van der Waals surface area contributed by atoms with E-state index in [1.165, 1.54) is 18.5 Å². The van der Waals surface area contributed by atoms with Crippen LogP contribution in [0, 0.1) is 5.82 Å². The number of fused-ring (bicyclic) bond motifs is 1. The molecular weight excluding hydrogens is 147 g/mol. The number of nitrogens with zero attached hydrogens (tertiary/aromatic N) is 1. The molecule has 0 bridgehead atoms. The SMILES string of the molecule is Nc1cc2ncoc2cc1F. The van der Waals surface area contributed by atoms with Gasteiger partial charge < -0.3 is 10.2 Å². The molecule has 56 valence electrons. The van der Waals surface area contributed by atoms with E-state index >= 15 is 0 Å². The Labute approximate surface area is 61.6 Å². The van der Waals surface area contributed by atoms with Crippen LogP contribution < -0.4 is 5.73 Å². The molecule has 1 heterocycles. The molecule has 0 amide bonds. The predicted octanol–water partition coefficient (Wildman–Crippen LogP) is 1.55. The van der Waals surface area contributed by atoms with E-state index in [2.05, 4.69) is 4.98 Å². The van der Waals surface area contributed by atoms with Crippen molar-refractivity contribution < 1.29 is 8.81 Å². The normalized spacial score (nSPS) is 10.6. The maximum atomic E-state index is 12.7. The average molecular weight is 152 g/mol. The molecule has 0 spiro atoms. The number of rotatable bonds is 0. The molecule has 0 atom stereocenters. The maximum absolute atomic E-state index is 12.7. The number of oxazole rings is 1. The predicted molar refractivity (Wildman–Crippen MR) is 38.4 cm³/mol. The van der Waals surface area contributed by atoms with Crippen molar-refractivity contribution in [1.29, 1.82) is 0 Å². The smallest absolute Gasteiger partial charge is 0.181 e. The number of hydrogen-bond acceptors (Lipinski definition) is 3. The lowest BCUT2D eigenvalue weighted by Crippen LogP contribution is -1.88. The molecule has 0 saturated carbocycles. The standard InChI is InChI=1S/C7H5FN2O/c8-4-1-7-6(2-5(4)9)10-3-11-7/h1-3H,9H2. The van der Waals surface area contributed by atoms with E-state index in [0.717, 1.165) is 0 Å². The summed E-state index contributed by atoms with van der Waals surface area (Å²) in [4.78, 5) is 3.81. The van der Waals surface area contributed by atoms with E-state index in [1.54, 1.807) is 0 Å². The first-order valence-electron chi connectivity index (χ1n) is 3.05. The highest BCUT2D eigenvalue weighted by atomic mass is 19.1. The topological polar surface area (TPSA) is 52.0 Å². The molecule has 2 aromatic rings. The van der Waals surface area contributed by atoms with Crippen molar-refractivity contribution in [2.45, 2.75) is 0 Å². The number of aromatic nitrogens is 1. The fraction of sp³-hybridized carbons (Fsp3) is 0. The summed E-state index contributed by atoms with van der Waals surface area (Å²) < 4.78 is 17.6. The van der Waals surface area contributed by atoms with Crippen LogP contribution in [0.5, 0.6) is 0 Å². The van der Waals surface area contributed by atoms with Gasteiger partial charge in [-0.1, -0.05) is 0 Å². The molecule has 1 aromatic carbocycles. The first-order chi connectivity index (χ1) is 5.27. The van der Waals surface area contributed by atoms with Crippen LogP contribution in [-0.2, 0) is 0 Å². The van der Waals surface area contributed by atoms with Crippen molar-refractivity contribution in [3.05, 3.63) is 24.3 Å². The highest BCUT2D eigenvalue weighted by Gasteiger charge is 2.03. The van der Waals surface area contributed by atoms with Crippen LogP contribution in [0.1, 0.15) is 0 Å². The second kappa shape index (κ2) is 1.95. The molecule has 4 heteroatoms. The Morgan fingerprint density at radius 1 is 1.45 bits per heavy atom. The van der Waals surface area contributed by atoms with E-state index in [-0.39, 0.29) is 5.69 Å². The quantitative estimate of drug-likeness (QED) is 0.582. The molecule has 0 aliphatic heterocycles. The fourth-order valence-corrected chi connectivity index (χ4v) is 0.895. The van der Waals surface area contributed by atoms with Gasteiger partial charge in [0.15, 0.2) is 12.0 Å². The number of nitrogens with two attached hydrogens (primary N) is 1. The van der Waals surface area contributed by atoms with Crippen molar-refractivity contribution in [3.63, 3.8) is 0 Å². The van der Waals surface area contributed by atoms with Gasteiger partial charge in [0.1, 0.15) is 11.3 Å². The van der Waals surface area contributed by atoms with Crippen LogP contribution in [0.25, 0.3) is 11.1 Å². The van der Waals surface area contributed by atoms with Gasteiger partial charge in [0.05, 0.1) is 5.69 Å². The lowest BCUT2D eigenvalue weighted by atomic mass is 10.3. The van der Waals surface area contributed by atoms with Gasteiger partial charge in [-0.3, -0.25) is 0 Å². The van der Waals surface area contributed by atoms with E-state index in [9.17, 15) is 4.39 Å². The molecule has 2 rings (SSSR count). The van der Waals surface area contributed by atoms with Crippen LogP contribution in [0.4, 0.5) is 10.1 Å². The van der Waals surface area contributed by atoms with Crippen LogP contribution in [0.15, 0.2) is 22.9 Å². The molecule has 0 aliphatic rings. The van der Waals surface area contributed by atoms with Crippen LogP contribution in [0.2, 0.25) is 0 Å². The zero-order chi connectivity index (χ0) is 7.84. The molecule has 1 aromatic heterocycles. The van der Waals surface area contributed by atoms with Crippen LogP contribution >= 0.6 is 0 Å². The molecule has 0 saturated heterocycles. The molecule has 11 heavy (non-hydrogen) atoms. The molecular formula is C7H5FN2O. The minimum atomic E-state index is -0.478. The highest BCUT2D eigenvalue weighted by molar-refractivity contribution is 5.76. The van der Waals surface area contributed by atoms with Crippen molar-refractivity contribution in [1.82, 2.24) is 4.98 Å². The third kappa shape index (κ3) is 0.832. The largest absolute Gasteiger partial charge is 0.443 e. The van der Waals surface area contributed by atoms with Crippen LogP contribution in [0.3, 0.4) is 0 Å². The van der Waals surface area contributed by atoms with Gasteiger partial charge in [-0.25, -0.2) is 9.37 Å². The molecule has 0 aliphatic carbocycles. The van der Waals surface area contributed by atoms with E-state index in [1.807, 2.05) is 0 Å².